The molecule has 1 aromatic heterocycles. The number of hydrogen-bond acceptors (Lipinski definition) is 5. The molecule has 2 aromatic rings. The number of hydrogen-bond donors (Lipinski definition) is 1. The molecule has 1 aliphatic rings. The van der Waals surface area contributed by atoms with E-state index in [0.717, 1.165) is 36.4 Å². The van der Waals surface area contributed by atoms with Gasteiger partial charge in [0, 0.05) is 25.6 Å². The van der Waals surface area contributed by atoms with Crippen LogP contribution >= 0.6 is 0 Å². The second kappa shape index (κ2) is 10.9. The van der Waals surface area contributed by atoms with Gasteiger partial charge in [-0.2, -0.15) is 5.10 Å². The number of ether oxygens (including phenoxy) is 2. The molecular weight excluding hydrogens is 432 g/mol. The number of amides is 2. The molecule has 0 aliphatic carbocycles. The molecule has 2 heterocycles. The maximum absolute atomic E-state index is 13.1. The van der Waals surface area contributed by atoms with Gasteiger partial charge in [0.05, 0.1) is 30.3 Å². The van der Waals surface area contributed by atoms with Crippen molar-refractivity contribution in [2.75, 3.05) is 26.7 Å². The van der Waals surface area contributed by atoms with E-state index in [-0.39, 0.29) is 17.9 Å². The van der Waals surface area contributed by atoms with Crippen LogP contribution in [0, 0.1) is 5.92 Å². The molecule has 34 heavy (non-hydrogen) atoms. The Morgan fingerprint density at radius 1 is 1.15 bits per heavy atom. The molecule has 0 unspecified atom stereocenters. The summed E-state index contributed by atoms with van der Waals surface area (Å²) in [5, 5.41) is 7.64. The van der Waals surface area contributed by atoms with Crippen LogP contribution in [0.1, 0.15) is 75.9 Å². The zero-order valence-corrected chi connectivity index (χ0v) is 21.3. The monoisotopic (exact) mass is 470 g/mol. The number of methoxy groups -OCH3 is 1. The van der Waals surface area contributed by atoms with Gasteiger partial charge in [-0.1, -0.05) is 13.8 Å². The second-order valence-corrected chi connectivity index (χ2v) is 10.2. The van der Waals surface area contributed by atoms with Crippen LogP contribution in [-0.2, 0) is 4.74 Å². The first kappa shape index (κ1) is 25.6. The van der Waals surface area contributed by atoms with Gasteiger partial charge in [-0.3, -0.25) is 4.79 Å². The summed E-state index contributed by atoms with van der Waals surface area (Å²) in [6.07, 6.45) is 3.74. The highest BCUT2D eigenvalue weighted by molar-refractivity contribution is 5.95. The maximum Gasteiger partial charge on any atom is 0.410 e. The molecule has 186 valence electrons. The standard InChI is InChI=1S/C26H38N4O4/c1-18(2)11-14-27-24(31)22-17-28-30(20-7-9-21(33-6)10-8-20)23(22)19-12-15-29(16-13-19)25(32)34-26(3,4)5/h7-10,17-19H,11-16H2,1-6H3,(H,27,31). The number of nitrogens with one attached hydrogen (secondary N) is 1. The Kier molecular flexibility index (Phi) is 8.23. The number of carbonyl (C=O) groups excluding carboxylic acids is 2. The molecule has 1 saturated heterocycles. The lowest BCUT2D eigenvalue weighted by atomic mass is 9.90. The normalized spacial score (nSPS) is 14.9. The van der Waals surface area contributed by atoms with Gasteiger partial charge >= 0.3 is 6.09 Å². The number of aromatic nitrogens is 2. The van der Waals surface area contributed by atoms with Gasteiger partial charge < -0.3 is 19.7 Å². The lowest BCUT2D eigenvalue weighted by Gasteiger charge is -2.34. The van der Waals surface area contributed by atoms with E-state index in [2.05, 4.69) is 24.3 Å². The summed E-state index contributed by atoms with van der Waals surface area (Å²) in [7, 11) is 1.63. The first-order valence-electron chi connectivity index (χ1n) is 12.1. The van der Waals surface area contributed by atoms with Gasteiger partial charge in [0.2, 0.25) is 0 Å². The van der Waals surface area contributed by atoms with Crippen LogP contribution in [0.5, 0.6) is 5.75 Å². The first-order valence-corrected chi connectivity index (χ1v) is 12.1. The van der Waals surface area contributed by atoms with Gasteiger partial charge in [0.15, 0.2) is 0 Å². The molecule has 2 amide bonds. The minimum Gasteiger partial charge on any atom is -0.497 e. The van der Waals surface area contributed by atoms with Crippen molar-refractivity contribution >= 4 is 12.0 Å². The van der Waals surface area contributed by atoms with E-state index >= 15 is 0 Å². The molecule has 1 N–H and O–H groups in total. The predicted octanol–water partition coefficient (Wildman–Crippen LogP) is 4.77. The molecule has 0 bridgehead atoms. The lowest BCUT2D eigenvalue weighted by Crippen LogP contribution is -2.41. The number of benzene rings is 1. The minimum atomic E-state index is -0.526. The zero-order chi connectivity index (χ0) is 24.9. The Morgan fingerprint density at radius 3 is 2.35 bits per heavy atom. The molecule has 1 aromatic carbocycles. The molecule has 3 rings (SSSR count). The quantitative estimate of drug-likeness (QED) is 0.630. The average molecular weight is 471 g/mol. The van der Waals surface area contributed by atoms with E-state index in [4.69, 9.17) is 9.47 Å². The number of likely N-dealkylation sites (tertiary alicyclic amines) is 1. The minimum absolute atomic E-state index is 0.0918. The summed E-state index contributed by atoms with van der Waals surface area (Å²) >= 11 is 0. The Labute approximate surface area is 202 Å². The molecule has 1 fully saturated rings. The predicted molar refractivity (Wildman–Crippen MR) is 132 cm³/mol. The molecular formula is C26H38N4O4. The number of nitrogens with zero attached hydrogens (tertiary/aromatic N) is 3. The van der Waals surface area contributed by atoms with Gasteiger partial charge in [-0.25, -0.2) is 9.48 Å². The van der Waals surface area contributed by atoms with Crippen LogP contribution in [0.4, 0.5) is 4.79 Å². The van der Waals surface area contributed by atoms with Crippen molar-refractivity contribution in [3.63, 3.8) is 0 Å². The SMILES string of the molecule is COc1ccc(-n2ncc(C(=O)NCCC(C)C)c2C2CCN(C(=O)OC(C)(C)C)CC2)cc1. The van der Waals surface area contributed by atoms with E-state index in [1.807, 2.05) is 49.7 Å². The van der Waals surface area contributed by atoms with Crippen LogP contribution in [-0.4, -0.2) is 59.0 Å². The smallest absolute Gasteiger partial charge is 0.410 e. The van der Waals surface area contributed by atoms with Crippen molar-refractivity contribution in [3.8, 4) is 11.4 Å². The molecule has 0 radical (unpaired) electrons. The van der Waals surface area contributed by atoms with E-state index < -0.39 is 5.60 Å². The van der Waals surface area contributed by atoms with Crippen LogP contribution in [0.3, 0.4) is 0 Å². The maximum atomic E-state index is 13.1. The Hall–Kier alpha value is -3.03. The van der Waals surface area contributed by atoms with Crippen LogP contribution < -0.4 is 10.1 Å². The van der Waals surface area contributed by atoms with Crippen LogP contribution in [0.2, 0.25) is 0 Å². The molecule has 8 heteroatoms. The Balaban J connectivity index is 1.84. The van der Waals surface area contributed by atoms with E-state index in [1.165, 1.54) is 0 Å². The molecule has 0 saturated carbocycles. The van der Waals surface area contributed by atoms with Crippen molar-refractivity contribution in [1.29, 1.82) is 0 Å². The molecule has 8 nitrogen and oxygen atoms in total. The Bertz CT molecular complexity index is 968. The van der Waals surface area contributed by atoms with E-state index in [0.29, 0.717) is 31.1 Å². The average Bonchev–Trinajstić information content (AvgIpc) is 3.23. The third-order valence-electron chi connectivity index (χ3n) is 5.91. The molecule has 0 atom stereocenters. The second-order valence-electron chi connectivity index (χ2n) is 10.2. The fourth-order valence-corrected chi connectivity index (χ4v) is 4.09. The van der Waals surface area contributed by atoms with Gasteiger partial charge in [-0.15, -0.1) is 0 Å². The van der Waals surface area contributed by atoms with Crippen molar-refractivity contribution in [1.82, 2.24) is 20.0 Å². The van der Waals surface area contributed by atoms with Crippen LogP contribution in [0.25, 0.3) is 5.69 Å². The summed E-state index contributed by atoms with van der Waals surface area (Å²) in [5.74, 6) is 1.26. The Morgan fingerprint density at radius 2 is 1.79 bits per heavy atom. The van der Waals surface area contributed by atoms with Crippen LogP contribution in [0.15, 0.2) is 30.5 Å². The lowest BCUT2D eigenvalue weighted by molar-refractivity contribution is 0.0203. The zero-order valence-electron chi connectivity index (χ0n) is 21.3. The summed E-state index contributed by atoms with van der Waals surface area (Å²) in [4.78, 5) is 27.4. The highest BCUT2D eigenvalue weighted by Gasteiger charge is 2.32. The summed E-state index contributed by atoms with van der Waals surface area (Å²) < 4.78 is 12.7. The summed E-state index contributed by atoms with van der Waals surface area (Å²) in [5.41, 5.74) is 1.82. The topological polar surface area (TPSA) is 85.7 Å². The summed E-state index contributed by atoms with van der Waals surface area (Å²) in [6, 6.07) is 7.64. The summed E-state index contributed by atoms with van der Waals surface area (Å²) in [6.45, 7) is 11.7. The van der Waals surface area contributed by atoms with Crippen molar-refractivity contribution in [3.05, 3.63) is 41.7 Å². The number of piperidine rings is 1. The molecule has 1 aliphatic heterocycles. The number of rotatable bonds is 7. The third-order valence-corrected chi connectivity index (χ3v) is 5.91. The fraction of sp³-hybridized carbons (Fsp3) is 0.577. The van der Waals surface area contributed by atoms with Crippen molar-refractivity contribution in [2.45, 2.75) is 65.4 Å². The molecule has 0 spiro atoms. The fourth-order valence-electron chi connectivity index (χ4n) is 4.09. The van der Waals surface area contributed by atoms with E-state index in [1.54, 1.807) is 18.2 Å². The van der Waals surface area contributed by atoms with Crippen molar-refractivity contribution in [2.24, 2.45) is 5.92 Å². The van der Waals surface area contributed by atoms with Gasteiger partial charge in [-0.05, 0) is 70.2 Å². The third kappa shape index (κ3) is 6.52. The highest BCUT2D eigenvalue weighted by atomic mass is 16.6. The number of carbonyl (C=O) groups is 2. The largest absolute Gasteiger partial charge is 0.497 e. The van der Waals surface area contributed by atoms with Gasteiger partial charge in [0.25, 0.3) is 5.91 Å². The van der Waals surface area contributed by atoms with E-state index in [9.17, 15) is 9.59 Å². The highest BCUT2D eigenvalue weighted by Crippen LogP contribution is 2.33. The van der Waals surface area contributed by atoms with Gasteiger partial charge in [0.1, 0.15) is 11.4 Å². The van der Waals surface area contributed by atoms with Crippen molar-refractivity contribution < 1.29 is 19.1 Å². The first-order chi connectivity index (χ1) is 16.1.